The van der Waals surface area contributed by atoms with Gasteiger partial charge in [-0.05, 0) is 12.5 Å². The van der Waals surface area contributed by atoms with Gasteiger partial charge in [0.2, 0.25) is 11.5 Å². The van der Waals surface area contributed by atoms with E-state index in [1.54, 1.807) is 6.92 Å². The average molecular weight is 236 g/mol. The van der Waals surface area contributed by atoms with E-state index in [4.69, 9.17) is 23.5 Å². The number of phenols is 4. The van der Waals surface area contributed by atoms with E-state index in [2.05, 4.69) is 0 Å². The van der Waals surface area contributed by atoms with E-state index in [9.17, 15) is 20.4 Å². The maximum atomic E-state index is 9.81. The van der Waals surface area contributed by atoms with Crippen LogP contribution in [-0.2, 0) is 0 Å². The molecule has 4 N–H and O–H groups in total. The van der Waals surface area contributed by atoms with Gasteiger partial charge in [-0.2, -0.15) is 0 Å². The zero-order valence-corrected chi connectivity index (χ0v) is 9.52. The lowest BCUT2D eigenvalue weighted by Gasteiger charge is -2.18. The molecule has 84 valence electrons. The van der Waals surface area contributed by atoms with Crippen molar-refractivity contribution in [2.24, 2.45) is 0 Å². The van der Waals surface area contributed by atoms with Gasteiger partial charge in [-0.25, -0.2) is 0 Å². The number of rotatable bonds is 0. The smallest absolute Gasteiger partial charge is 0.204 e. The fourth-order valence-electron chi connectivity index (χ4n) is 1.94. The lowest BCUT2D eigenvalue weighted by molar-refractivity contribution is 0.351. The van der Waals surface area contributed by atoms with Crippen molar-refractivity contribution in [1.29, 1.82) is 0 Å². The number of aromatic hydroxyl groups is 4. The van der Waals surface area contributed by atoms with Crippen molar-refractivity contribution in [3.05, 3.63) is 5.56 Å². The van der Waals surface area contributed by atoms with Crippen molar-refractivity contribution in [1.82, 2.24) is 0 Å². The minimum Gasteiger partial charge on any atom is -0.504 e. The average Bonchev–Trinajstić information content (AvgIpc) is 2.35. The molecule has 0 saturated heterocycles. The minimum atomic E-state index is -0.865. The monoisotopic (exact) mass is 236 g/mol. The summed E-state index contributed by atoms with van der Waals surface area (Å²) in [5.41, 5.74) is 0.454. The molecule has 18 heavy (non-hydrogen) atoms. The van der Waals surface area contributed by atoms with Crippen LogP contribution < -0.4 is 16.4 Å². The van der Waals surface area contributed by atoms with Gasteiger partial charge in [0.1, 0.15) is 23.5 Å². The second-order valence-corrected chi connectivity index (χ2v) is 4.01. The zero-order valence-electron chi connectivity index (χ0n) is 9.52. The van der Waals surface area contributed by atoms with Gasteiger partial charge in [0.05, 0.1) is 0 Å². The van der Waals surface area contributed by atoms with Gasteiger partial charge in [-0.15, -0.1) is 10.9 Å². The van der Waals surface area contributed by atoms with Crippen LogP contribution in [0.4, 0.5) is 0 Å². The second kappa shape index (κ2) is 3.80. The van der Waals surface area contributed by atoms with Crippen molar-refractivity contribution >= 4 is 50.7 Å². The molecule has 0 amide bonds. The Morgan fingerprint density at radius 2 is 1.06 bits per heavy atom. The van der Waals surface area contributed by atoms with Gasteiger partial charge < -0.3 is 20.4 Å². The molecule has 0 unspecified atom stereocenters. The van der Waals surface area contributed by atoms with Gasteiger partial charge in [0.25, 0.3) is 0 Å². The molecule has 0 fully saturated rings. The lowest BCUT2D eigenvalue weighted by Crippen LogP contribution is -2.40. The summed E-state index contributed by atoms with van der Waals surface area (Å²) in [6.45, 7) is 1.54. The van der Waals surface area contributed by atoms with E-state index in [0.29, 0.717) is 5.56 Å². The fraction of sp³-hybridized carbons (Fsp3) is 0.0909. The van der Waals surface area contributed by atoms with Crippen LogP contribution in [0.15, 0.2) is 0 Å². The standard InChI is InChI=1S/C11H7B3O4/c1-2-3-4(6(13)7(14)5(2)12)9(16)11(18)10(17)8(3)15/h15-18H,1H3. The van der Waals surface area contributed by atoms with E-state index in [0.717, 1.165) is 0 Å². The number of hydrogen-bond acceptors (Lipinski definition) is 4. The van der Waals surface area contributed by atoms with E-state index in [1.165, 1.54) is 0 Å². The number of aryl methyl sites for hydroxylation is 1. The van der Waals surface area contributed by atoms with Gasteiger partial charge >= 0.3 is 0 Å². The highest BCUT2D eigenvalue weighted by Gasteiger charge is 2.22. The summed E-state index contributed by atoms with van der Waals surface area (Å²) in [7, 11) is 17.1. The Labute approximate surface area is 107 Å². The van der Waals surface area contributed by atoms with E-state index in [1.807, 2.05) is 0 Å². The second-order valence-electron chi connectivity index (χ2n) is 4.01. The Hall–Kier alpha value is -1.91. The van der Waals surface area contributed by atoms with Crippen LogP contribution in [0, 0.1) is 6.92 Å². The molecule has 2 aromatic carbocycles. The molecule has 0 aliphatic rings. The maximum Gasteiger partial charge on any atom is 0.204 e. The Kier molecular flexibility index (Phi) is 2.65. The minimum absolute atomic E-state index is 0.0415. The number of phenolic OH excluding ortho intramolecular Hbond substituents is 4. The van der Waals surface area contributed by atoms with Crippen LogP contribution in [0.5, 0.6) is 23.0 Å². The Bertz CT molecular complexity index is 569. The Morgan fingerprint density at radius 3 is 1.56 bits per heavy atom. The van der Waals surface area contributed by atoms with Crippen LogP contribution in [0.2, 0.25) is 0 Å². The highest BCUT2D eigenvalue weighted by Crippen LogP contribution is 2.48. The SMILES string of the molecule is [B]c1c([B])c(C)c2c(O)c(O)c(O)c(O)c2c1[B]. The summed E-state index contributed by atoms with van der Waals surface area (Å²) >= 11 is 0. The summed E-state index contributed by atoms with van der Waals surface area (Å²) in [6.07, 6.45) is 0. The quantitative estimate of drug-likeness (QED) is 0.251. The van der Waals surface area contributed by atoms with Crippen molar-refractivity contribution in [2.75, 3.05) is 0 Å². The first-order valence-corrected chi connectivity index (χ1v) is 5.01. The van der Waals surface area contributed by atoms with E-state index in [-0.39, 0.29) is 27.2 Å². The van der Waals surface area contributed by atoms with Gasteiger partial charge in [-0.3, -0.25) is 0 Å². The van der Waals surface area contributed by atoms with Crippen molar-refractivity contribution < 1.29 is 20.4 Å². The highest BCUT2D eigenvalue weighted by atomic mass is 16.3. The molecule has 0 atom stereocenters. The first-order valence-electron chi connectivity index (χ1n) is 5.01. The van der Waals surface area contributed by atoms with Crippen molar-refractivity contribution in [3.8, 4) is 23.0 Å². The molecule has 6 radical (unpaired) electrons. The summed E-state index contributed by atoms with van der Waals surface area (Å²) in [5.74, 6) is -2.98. The molecule has 7 heteroatoms. The first kappa shape index (κ1) is 12.5. The van der Waals surface area contributed by atoms with Crippen LogP contribution in [0.1, 0.15) is 5.56 Å². The highest BCUT2D eigenvalue weighted by molar-refractivity contribution is 6.61. The predicted molar refractivity (Wildman–Crippen MR) is 71.5 cm³/mol. The normalized spacial score (nSPS) is 10.9. The van der Waals surface area contributed by atoms with Crippen LogP contribution in [0.25, 0.3) is 10.8 Å². The third-order valence-electron chi connectivity index (χ3n) is 3.03. The number of hydrogen-bond donors (Lipinski definition) is 4. The van der Waals surface area contributed by atoms with Crippen LogP contribution in [0.3, 0.4) is 0 Å². The molecule has 0 aliphatic carbocycles. The summed E-state index contributed by atoms with van der Waals surface area (Å²) in [6, 6.07) is 0. The number of benzene rings is 2. The van der Waals surface area contributed by atoms with Crippen molar-refractivity contribution in [2.45, 2.75) is 6.92 Å². The fourth-order valence-corrected chi connectivity index (χ4v) is 1.94. The zero-order chi connectivity index (χ0) is 13.8. The molecular weight excluding hydrogens is 229 g/mol. The van der Waals surface area contributed by atoms with Gasteiger partial charge in [0, 0.05) is 10.8 Å². The van der Waals surface area contributed by atoms with Crippen molar-refractivity contribution in [3.63, 3.8) is 0 Å². The van der Waals surface area contributed by atoms with E-state index < -0.39 is 23.0 Å². The third-order valence-corrected chi connectivity index (χ3v) is 3.03. The largest absolute Gasteiger partial charge is 0.504 e. The van der Waals surface area contributed by atoms with Gasteiger partial charge in [0.15, 0.2) is 11.5 Å². The Morgan fingerprint density at radius 1 is 0.611 bits per heavy atom. The molecule has 0 bridgehead atoms. The topological polar surface area (TPSA) is 80.9 Å². The Balaban J connectivity index is 3.22. The summed E-state index contributed by atoms with van der Waals surface area (Å²) in [5, 5.41) is 38.6. The van der Waals surface area contributed by atoms with Gasteiger partial charge in [-0.1, -0.05) is 5.46 Å². The molecule has 0 aliphatic heterocycles. The molecule has 0 spiro atoms. The lowest BCUT2D eigenvalue weighted by atomic mass is 9.68. The molecule has 2 rings (SSSR count). The van der Waals surface area contributed by atoms with Crippen LogP contribution in [-0.4, -0.2) is 44.0 Å². The summed E-state index contributed by atoms with van der Waals surface area (Å²) < 4.78 is 0. The first-order chi connectivity index (χ1) is 8.29. The molecule has 0 heterocycles. The summed E-state index contributed by atoms with van der Waals surface area (Å²) in [4.78, 5) is 0. The van der Waals surface area contributed by atoms with Crippen LogP contribution >= 0.6 is 0 Å². The predicted octanol–water partition coefficient (Wildman–Crippen LogP) is -1.65. The number of fused-ring (bicyclic) bond motifs is 1. The van der Waals surface area contributed by atoms with E-state index >= 15 is 0 Å². The molecule has 4 nitrogen and oxygen atoms in total. The molecular formula is C11H7B3O4. The maximum absolute atomic E-state index is 9.81. The molecule has 2 aromatic rings. The third kappa shape index (κ3) is 1.36. The molecule has 0 saturated carbocycles. The molecule has 0 aromatic heterocycles.